The lowest BCUT2D eigenvalue weighted by Crippen LogP contribution is -2.21. The largest absolute Gasteiger partial charge is 0.451 e. The number of hydrogen-bond acceptors (Lipinski definition) is 5. The SMILES string of the molecule is CN(C)c1ccc(/C=C(\C#N)C(=O)OCC(=O)Nc2ccc(C(C)(C)C)cc2)cc1. The van der Waals surface area contributed by atoms with Gasteiger partial charge in [0.05, 0.1) is 0 Å². The van der Waals surface area contributed by atoms with Gasteiger partial charge in [-0.1, -0.05) is 45.0 Å². The summed E-state index contributed by atoms with van der Waals surface area (Å²) in [6.07, 6.45) is 1.44. The maximum absolute atomic E-state index is 12.2. The van der Waals surface area contributed by atoms with Gasteiger partial charge in [-0.2, -0.15) is 5.26 Å². The Bertz CT molecular complexity index is 961. The summed E-state index contributed by atoms with van der Waals surface area (Å²) in [6.45, 7) is 5.85. The zero-order chi connectivity index (χ0) is 22.3. The Balaban J connectivity index is 1.94. The summed E-state index contributed by atoms with van der Waals surface area (Å²) in [4.78, 5) is 26.2. The van der Waals surface area contributed by atoms with E-state index in [1.807, 2.05) is 49.3 Å². The number of nitriles is 1. The van der Waals surface area contributed by atoms with E-state index in [1.165, 1.54) is 6.08 Å². The van der Waals surface area contributed by atoms with Crippen molar-refractivity contribution in [1.29, 1.82) is 5.26 Å². The van der Waals surface area contributed by atoms with Crippen molar-refractivity contribution in [3.8, 4) is 6.07 Å². The van der Waals surface area contributed by atoms with Crippen LogP contribution >= 0.6 is 0 Å². The van der Waals surface area contributed by atoms with Gasteiger partial charge < -0.3 is 15.0 Å². The fourth-order valence-corrected chi connectivity index (χ4v) is 2.63. The van der Waals surface area contributed by atoms with Gasteiger partial charge in [0.1, 0.15) is 11.6 Å². The molecule has 6 nitrogen and oxygen atoms in total. The molecule has 0 fully saturated rings. The highest BCUT2D eigenvalue weighted by molar-refractivity contribution is 6.00. The van der Waals surface area contributed by atoms with E-state index < -0.39 is 18.5 Å². The second-order valence-electron chi connectivity index (χ2n) is 8.11. The van der Waals surface area contributed by atoms with Crippen molar-refractivity contribution < 1.29 is 14.3 Å². The first kappa shape index (κ1) is 22.7. The topological polar surface area (TPSA) is 82.4 Å². The predicted octanol–water partition coefficient (Wildman–Crippen LogP) is 4.14. The lowest BCUT2D eigenvalue weighted by atomic mass is 9.87. The number of nitrogens with one attached hydrogen (secondary N) is 1. The van der Waals surface area contributed by atoms with Crippen molar-refractivity contribution in [3.63, 3.8) is 0 Å². The molecule has 0 aliphatic rings. The molecular formula is C24H27N3O3. The number of benzene rings is 2. The molecule has 2 aromatic rings. The second-order valence-corrected chi connectivity index (χ2v) is 8.11. The molecule has 0 unspecified atom stereocenters. The Labute approximate surface area is 177 Å². The van der Waals surface area contributed by atoms with E-state index in [9.17, 15) is 14.9 Å². The van der Waals surface area contributed by atoms with E-state index in [0.717, 1.165) is 11.3 Å². The van der Waals surface area contributed by atoms with E-state index in [-0.39, 0.29) is 11.0 Å². The number of carbonyl (C=O) groups excluding carboxylic acids is 2. The van der Waals surface area contributed by atoms with E-state index in [1.54, 1.807) is 24.3 Å². The van der Waals surface area contributed by atoms with Crippen LogP contribution in [0.4, 0.5) is 11.4 Å². The summed E-state index contributed by atoms with van der Waals surface area (Å²) in [5.41, 5.74) is 3.30. The molecule has 2 rings (SSSR count). The highest BCUT2D eigenvalue weighted by atomic mass is 16.5. The van der Waals surface area contributed by atoms with Crippen LogP contribution < -0.4 is 10.2 Å². The van der Waals surface area contributed by atoms with Crippen LogP contribution in [-0.4, -0.2) is 32.6 Å². The van der Waals surface area contributed by atoms with Crippen LogP contribution in [0.1, 0.15) is 31.9 Å². The molecule has 0 aliphatic heterocycles. The Kier molecular flexibility index (Phi) is 7.38. The summed E-state index contributed by atoms with van der Waals surface area (Å²) < 4.78 is 4.99. The second kappa shape index (κ2) is 9.75. The fourth-order valence-electron chi connectivity index (χ4n) is 2.63. The van der Waals surface area contributed by atoms with E-state index in [2.05, 4.69) is 26.1 Å². The van der Waals surface area contributed by atoms with Gasteiger partial charge in [-0.3, -0.25) is 4.79 Å². The van der Waals surface area contributed by atoms with Crippen LogP contribution in [0, 0.1) is 11.3 Å². The zero-order valence-corrected chi connectivity index (χ0v) is 18.0. The minimum Gasteiger partial charge on any atom is -0.451 e. The molecule has 1 N–H and O–H groups in total. The number of esters is 1. The van der Waals surface area contributed by atoms with Crippen LogP contribution in [0.5, 0.6) is 0 Å². The molecule has 1 amide bonds. The van der Waals surface area contributed by atoms with Gasteiger partial charge in [0.2, 0.25) is 0 Å². The minimum absolute atomic E-state index is 0.0187. The third-order valence-corrected chi connectivity index (χ3v) is 4.43. The van der Waals surface area contributed by atoms with E-state index in [4.69, 9.17) is 4.74 Å². The highest BCUT2D eigenvalue weighted by Crippen LogP contribution is 2.23. The highest BCUT2D eigenvalue weighted by Gasteiger charge is 2.15. The van der Waals surface area contributed by atoms with E-state index >= 15 is 0 Å². The van der Waals surface area contributed by atoms with Gasteiger partial charge in [-0.25, -0.2) is 4.79 Å². The first-order valence-corrected chi connectivity index (χ1v) is 9.57. The van der Waals surface area contributed by atoms with Crippen LogP contribution in [0.15, 0.2) is 54.1 Å². The van der Waals surface area contributed by atoms with Crippen LogP contribution in [0.3, 0.4) is 0 Å². The first-order valence-electron chi connectivity index (χ1n) is 9.57. The Morgan fingerprint density at radius 2 is 1.67 bits per heavy atom. The standard InChI is InChI=1S/C24H27N3O3/c1-24(2,3)19-8-10-20(11-9-19)26-22(28)16-30-23(29)18(15-25)14-17-6-12-21(13-7-17)27(4)5/h6-14H,16H2,1-5H3,(H,26,28)/b18-14+. The average molecular weight is 405 g/mol. The molecule has 0 spiro atoms. The molecule has 0 atom stereocenters. The third-order valence-electron chi connectivity index (χ3n) is 4.43. The summed E-state index contributed by atoms with van der Waals surface area (Å²) in [6, 6.07) is 16.7. The Morgan fingerprint density at radius 1 is 1.07 bits per heavy atom. The number of nitrogens with zero attached hydrogens (tertiary/aromatic N) is 2. The van der Waals surface area contributed by atoms with Crippen molar-refractivity contribution in [3.05, 3.63) is 65.2 Å². The summed E-state index contributed by atoms with van der Waals surface area (Å²) in [5, 5.41) is 11.9. The summed E-state index contributed by atoms with van der Waals surface area (Å²) >= 11 is 0. The number of rotatable bonds is 6. The summed E-state index contributed by atoms with van der Waals surface area (Å²) in [7, 11) is 3.85. The zero-order valence-electron chi connectivity index (χ0n) is 18.0. The molecular weight excluding hydrogens is 378 g/mol. The number of hydrogen-bond donors (Lipinski definition) is 1. The fraction of sp³-hybridized carbons (Fsp3) is 0.292. The maximum atomic E-state index is 12.2. The molecule has 0 aliphatic carbocycles. The molecule has 0 saturated carbocycles. The van der Waals surface area contributed by atoms with Crippen molar-refractivity contribution in [2.24, 2.45) is 0 Å². The summed E-state index contributed by atoms with van der Waals surface area (Å²) in [5.74, 6) is -1.31. The number of carbonyl (C=O) groups is 2. The number of ether oxygens (including phenoxy) is 1. The van der Waals surface area contributed by atoms with Gasteiger partial charge in [0.25, 0.3) is 5.91 Å². The molecule has 2 aromatic carbocycles. The van der Waals surface area contributed by atoms with Gasteiger partial charge in [0, 0.05) is 25.5 Å². The maximum Gasteiger partial charge on any atom is 0.349 e. The van der Waals surface area contributed by atoms with Crippen LogP contribution in [0.25, 0.3) is 6.08 Å². The lowest BCUT2D eigenvalue weighted by Gasteiger charge is -2.19. The first-order chi connectivity index (χ1) is 14.1. The van der Waals surface area contributed by atoms with Gasteiger partial charge in [-0.15, -0.1) is 0 Å². The smallest absolute Gasteiger partial charge is 0.349 e. The minimum atomic E-state index is -0.840. The molecule has 30 heavy (non-hydrogen) atoms. The monoisotopic (exact) mass is 405 g/mol. The van der Waals surface area contributed by atoms with Crippen molar-refractivity contribution in [2.75, 3.05) is 30.9 Å². The normalized spacial score (nSPS) is 11.4. The predicted molar refractivity (Wildman–Crippen MR) is 119 cm³/mol. The molecule has 156 valence electrons. The lowest BCUT2D eigenvalue weighted by molar-refractivity contribution is -0.142. The van der Waals surface area contributed by atoms with Crippen LogP contribution in [0.2, 0.25) is 0 Å². The molecule has 0 radical (unpaired) electrons. The molecule has 6 heteroatoms. The van der Waals surface area contributed by atoms with Crippen molar-refractivity contribution >= 4 is 29.3 Å². The Hall–Kier alpha value is -3.59. The average Bonchev–Trinajstić information content (AvgIpc) is 2.70. The molecule has 0 aromatic heterocycles. The van der Waals surface area contributed by atoms with Crippen molar-refractivity contribution in [1.82, 2.24) is 0 Å². The number of anilines is 2. The quantitative estimate of drug-likeness (QED) is 0.444. The molecule has 0 bridgehead atoms. The van der Waals surface area contributed by atoms with Gasteiger partial charge in [-0.05, 0) is 46.9 Å². The van der Waals surface area contributed by atoms with Gasteiger partial charge >= 0.3 is 5.97 Å². The van der Waals surface area contributed by atoms with E-state index in [0.29, 0.717) is 11.3 Å². The Morgan fingerprint density at radius 3 is 2.17 bits per heavy atom. The molecule has 0 heterocycles. The third kappa shape index (κ3) is 6.49. The van der Waals surface area contributed by atoms with Crippen molar-refractivity contribution in [2.45, 2.75) is 26.2 Å². The number of amides is 1. The van der Waals surface area contributed by atoms with Gasteiger partial charge in [0.15, 0.2) is 6.61 Å². The van der Waals surface area contributed by atoms with Crippen LogP contribution in [-0.2, 0) is 19.7 Å². The molecule has 0 saturated heterocycles.